The van der Waals surface area contributed by atoms with Crippen molar-refractivity contribution in [3.05, 3.63) is 24.4 Å². The number of rotatable bonds is 3. The van der Waals surface area contributed by atoms with E-state index in [0.717, 1.165) is 36.3 Å². The van der Waals surface area contributed by atoms with Crippen LogP contribution in [0.4, 0.5) is 10.5 Å². The average molecular weight is 303 g/mol. The summed E-state index contributed by atoms with van der Waals surface area (Å²) >= 11 is 0. The molecule has 0 unspecified atom stereocenters. The number of ether oxygens (including phenoxy) is 1. The molecule has 0 aliphatic carbocycles. The van der Waals surface area contributed by atoms with E-state index < -0.39 is 0 Å². The number of anilines is 1. The number of H-pyrrole nitrogens is 1. The maximum Gasteiger partial charge on any atom is 0.319 e. The number of benzene rings is 1. The summed E-state index contributed by atoms with van der Waals surface area (Å²) in [5.74, 6) is 0.314. The molecule has 3 N–H and O–H groups in total. The van der Waals surface area contributed by atoms with Crippen LogP contribution in [0.2, 0.25) is 0 Å². The number of nitrogens with zero attached hydrogens (tertiary/aromatic N) is 2. The van der Waals surface area contributed by atoms with Gasteiger partial charge in [-0.3, -0.25) is 5.10 Å². The molecule has 0 radical (unpaired) electrons. The maximum atomic E-state index is 12.0. The minimum atomic E-state index is -0.199. The van der Waals surface area contributed by atoms with Gasteiger partial charge >= 0.3 is 6.03 Å². The Balaban J connectivity index is 1.51. The van der Waals surface area contributed by atoms with E-state index in [4.69, 9.17) is 4.74 Å². The van der Waals surface area contributed by atoms with E-state index in [-0.39, 0.29) is 6.03 Å². The zero-order valence-corrected chi connectivity index (χ0v) is 12.6. The van der Waals surface area contributed by atoms with Crippen molar-refractivity contribution in [1.82, 2.24) is 20.4 Å². The smallest absolute Gasteiger partial charge is 0.319 e. The molecule has 2 heterocycles. The molecule has 0 bridgehead atoms. The summed E-state index contributed by atoms with van der Waals surface area (Å²) in [6.45, 7) is 3.91. The highest BCUT2D eigenvalue weighted by atomic mass is 16.5. The van der Waals surface area contributed by atoms with Crippen molar-refractivity contribution in [1.29, 1.82) is 0 Å². The summed E-state index contributed by atoms with van der Waals surface area (Å²) in [5, 5.41) is 13.6. The highest BCUT2D eigenvalue weighted by Crippen LogP contribution is 2.16. The van der Waals surface area contributed by atoms with Gasteiger partial charge in [0.2, 0.25) is 0 Å². The van der Waals surface area contributed by atoms with Crippen LogP contribution >= 0.6 is 0 Å². The molecule has 118 valence electrons. The Morgan fingerprint density at radius 3 is 3.36 bits per heavy atom. The summed E-state index contributed by atoms with van der Waals surface area (Å²) in [6.07, 6.45) is 1.73. The molecular weight excluding hydrogens is 282 g/mol. The zero-order chi connectivity index (χ0) is 15.4. The van der Waals surface area contributed by atoms with E-state index in [1.807, 2.05) is 18.2 Å². The molecule has 1 atom stereocenters. The van der Waals surface area contributed by atoms with Gasteiger partial charge in [0, 0.05) is 36.6 Å². The predicted molar refractivity (Wildman–Crippen MR) is 84.9 cm³/mol. The van der Waals surface area contributed by atoms with E-state index >= 15 is 0 Å². The van der Waals surface area contributed by atoms with Gasteiger partial charge in [-0.15, -0.1) is 0 Å². The first-order valence-electron chi connectivity index (χ1n) is 7.45. The van der Waals surface area contributed by atoms with E-state index in [0.29, 0.717) is 19.1 Å². The van der Waals surface area contributed by atoms with Crippen LogP contribution in [0.15, 0.2) is 24.4 Å². The lowest BCUT2D eigenvalue weighted by atomic mass is 10.1. The van der Waals surface area contributed by atoms with E-state index in [2.05, 4.69) is 32.8 Å². The zero-order valence-electron chi connectivity index (χ0n) is 12.6. The fraction of sp³-hybridized carbons (Fsp3) is 0.467. The summed E-state index contributed by atoms with van der Waals surface area (Å²) in [6, 6.07) is 5.44. The van der Waals surface area contributed by atoms with Crippen LogP contribution in [0.3, 0.4) is 0 Å². The highest BCUT2D eigenvalue weighted by molar-refractivity contribution is 5.92. The highest BCUT2D eigenvalue weighted by Gasteiger charge is 2.16. The maximum absolute atomic E-state index is 12.0. The molecule has 1 aromatic heterocycles. The van der Waals surface area contributed by atoms with Gasteiger partial charge in [0.15, 0.2) is 0 Å². The fourth-order valence-electron chi connectivity index (χ4n) is 2.61. The van der Waals surface area contributed by atoms with Crippen LogP contribution in [0.1, 0.15) is 0 Å². The van der Waals surface area contributed by atoms with Crippen LogP contribution in [0.25, 0.3) is 10.9 Å². The van der Waals surface area contributed by atoms with Crippen molar-refractivity contribution in [2.75, 3.05) is 45.2 Å². The van der Waals surface area contributed by atoms with Crippen LogP contribution in [0, 0.1) is 5.92 Å². The number of hydrogen-bond donors (Lipinski definition) is 3. The molecule has 0 spiro atoms. The van der Waals surface area contributed by atoms with Crippen LogP contribution in [-0.4, -0.2) is 61.0 Å². The first-order chi connectivity index (χ1) is 10.7. The fourth-order valence-corrected chi connectivity index (χ4v) is 2.61. The van der Waals surface area contributed by atoms with Crippen molar-refractivity contribution in [3.63, 3.8) is 0 Å². The number of urea groups is 1. The number of fused-ring (bicyclic) bond motifs is 1. The molecule has 7 nitrogen and oxygen atoms in total. The third-order valence-electron chi connectivity index (χ3n) is 3.79. The molecule has 1 aromatic carbocycles. The van der Waals surface area contributed by atoms with Crippen molar-refractivity contribution >= 4 is 22.6 Å². The first-order valence-corrected chi connectivity index (χ1v) is 7.45. The first kappa shape index (κ1) is 14.8. The Morgan fingerprint density at radius 2 is 2.45 bits per heavy atom. The number of carbonyl (C=O) groups is 1. The van der Waals surface area contributed by atoms with Gasteiger partial charge in [-0.25, -0.2) is 4.79 Å². The van der Waals surface area contributed by atoms with Gasteiger partial charge in [0.05, 0.1) is 24.9 Å². The Hall–Kier alpha value is -2.12. The molecule has 22 heavy (non-hydrogen) atoms. The Labute approximate surface area is 129 Å². The van der Waals surface area contributed by atoms with E-state index in [9.17, 15) is 4.79 Å². The molecule has 2 aromatic rings. The number of amides is 2. The summed E-state index contributed by atoms with van der Waals surface area (Å²) in [4.78, 5) is 14.2. The number of nitrogens with one attached hydrogen (secondary N) is 3. The third-order valence-corrected chi connectivity index (χ3v) is 3.79. The topological polar surface area (TPSA) is 82.3 Å². The van der Waals surface area contributed by atoms with E-state index in [1.165, 1.54) is 0 Å². The quantitative estimate of drug-likeness (QED) is 0.797. The van der Waals surface area contributed by atoms with Gasteiger partial charge in [0.1, 0.15) is 0 Å². The standard InChI is InChI=1S/C15H21N5O2/c1-20-4-5-22-10-11(9-20)7-16-15(21)18-13-2-3-14-12(6-13)8-17-19-14/h2-3,6,8,11H,4-5,7,9-10H2,1H3,(H,17,19)(H2,16,18,21)/t11-/m0/s1. The van der Waals surface area contributed by atoms with Gasteiger partial charge in [0.25, 0.3) is 0 Å². The summed E-state index contributed by atoms with van der Waals surface area (Å²) < 4.78 is 5.54. The van der Waals surface area contributed by atoms with Crippen molar-refractivity contribution in [2.24, 2.45) is 5.92 Å². The van der Waals surface area contributed by atoms with Crippen molar-refractivity contribution < 1.29 is 9.53 Å². The largest absolute Gasteiger partial charge is 0.380 e. The molecule has 2 amide bonds. The third kappa shape index (κ3) is 3.75. The second kappa shape index (κ2) is 6.76. The Kier molecular flexibility index (Phi) is 4.55. The molecule has 1 aliphatic rings. The summed E-state index contributed by atoms with van der Waals surface area (Å²) in [5.41, 5.74) is 1.70. The summed E-state index contributed by atoms with van der Waals surface area (Å²) in [7, 11) is 2.07. The van der Waals surface area contributed by atoms with Gasteiger partial charge < -0.3 is 20.3 Å². The number of hydrogen-bond acceptors (Lipinski definition) is 4. The van der Waals surface area contributed by atoms with Gasteiger partial charge in [-0.2, -0.15) is 5.10 Å². The molecular formula is C15H21N5O2. The second-order valence-electron chi connectivity index (χ2n) is 5.71. The van der Waals surface area contributed by atoms with Crippen molar-refractivity contribution in [3.8, 4) is 0 Å². The lowest BCUT2D eigenvalue weighted by Gasteiger charge is -2.19. The molecule has 1 saturated heterocycles. The minimum absolute atomic E-state index is 0.199. The van der Waals surface area contributed by atoms with Crippen LogP contribution < -0.4 is 10.6 Å². The minimum Gasteiger partial charge on any atom is -0.380 e. The predicted octanol–water partition coefficient (Wildman–Crippen LogP) is 1.26. The lowest BCUT2D eigenvalue weighted by molar-refractivity contribution is 0.122. The van der Waals surface area contributed by atoms with Crippen LogP contribution in [0.5, 0.6) is 0 Å². The Bertz CT molecular complexity index is 642. The van der Waals surface area contributed by atoms with Crippen molar-refractivity contribution in [2.45, 2.75) is 0 Å². The van der Waals surface area contributed by atoms with Crippen LogP contribution in [-0.2, 0) is 4.74 Å². The Morgan fingerprint density at radius 1 is 1.55 bits per heavy atom. The molecule has 3 rings (SSSR count). The second-order valence-corrected chi connectivity index (χ2v) is 5.71. The monoisotopic (exact) mass is 303 g/mol. The van der Waals surface area contributed by atoms with E-state index in [1.54, 1.807) is 6.20 Å². The van der Waals surface area contributed by atoms with Gasteiger partial charge in [-0.1, -0.05) is 0 Å². The SMILES string of the molecule is CN1CCOC[C@@H](CNC(=O)Nc2ccc3[nH]ncc3c2)C1. The number of aromatic amines is 1. The molecule has 1 fully saturated rings. The molecule has 7 heteroatoms. The molecule has 1 aliphatic heterocycles. The number of aromatic nitrogens is 2. The van der Waals surface area contributed by atoms with Gasteiger partial charge in [-0.05, 0) is 25.2 Å². The number of likely N-dealkylation sites (N-methyl/N-ethyl adjacent to an activating group) is 1. The average Bonchev–Trinajstić information content (AvgIpc) is 2.86. The molecule has 0 saturated carbocycles. The normalized spacial score (nSPS) is 19.8. The lowest BCUT2D eigenvalue weighted by Crippen LogP contribution is -2.37. The number of carbonyl (C=O) groups excluding carboxylic acids is 1.